The van der Waals surface area contributed by atoms with Gasteiger partial charge in [-0.15, -0.1) is 0 Å². The second kappa shape index (κ2) is 10.5. The minimum atomic E-state index is -1.07. The topological polar surface area (TPSA) is 123 Å². The minimum Gasteiger partial charge on any atom is -0.480 e. The van der Waals surface area contributed by atoms with E-state index in [1.165, 1.54) is 0 Å². The molecule has 1 fully saturated rings. The summed E-state index contributed by atoms with van der Waals surface area (Å²) in [7, 11) is 0. The van der Waals surface area contributed by atoms with Crippen LogP contribution in [-0.4, -0.2) is 68.7 Å². The zero-order chi connectivity index (χ0) is 23.2. The number of carbonyl (C=O) groups is 3. The lowest BCUT2D eigenvalue weighted by atomic mass is 9.98. The van der Waals surface area contributed by atoms with Gasteiger partial charge in [0.1, 0.15) is 13.2 Å². The predicted octanol–water partition coefficient (Wildman–Crippen LogP) is 1.76. The summed E-state index contributed by atoms with van der Waals surface area (Å²) in [5.74, 6) is -1.98. The maximum absolute atomic E-state index is 12.5. The van der Waals surface area contributed by atoms with Crippen molar-refractivity contribution in [2.45, 2.75) is 12.0 Å². The Labute approximate surface area is 191 Å². The zero-order valence-corrected chi connectivity index (χ0v) is 18.0. The Morgan fingerprint density at radius 3 is 2.33 bits per heavy atom. The van der Waals surface area contributed by atoms with E-state index in [-0.39, 0.29) is 44.8 Å². The van der Waals surface area contributed by atoms with Gasteiger partial charge >= 0.3 is 12.1 Å². The molecule has 1 heterocycles. The highest BCUT2D eigenvalue weighted by atomic mass is 16.5. The van der Waals surface area contributed by atoms with Crippen LogP contribution in [0.1, 0.15) is 17.0 Å². The van der Waals surface area contributed by atoms with Crippen molar-refractivity contribution in [1.82, 2.24) is 10.6 Å². The largest absolute Gasteiger partial charge is 0.480 e. The second-order valence-electron chi connectivity index (χ2n) is 7.96. The van der Waals surface area contributed by atoms with E-state index in [0.29, 0.717) is 0 Å². The van der Waals surface area contributed by atoms with Crippen LogP contribution in [-0.2, 0) is 23.8 Å². The lowest BCUT2D eigenvalue weighted by Gasteiger charge is -2.20. The van der Waals surface area contributed by atoms with Gasteiger partial charge in [-0.2, -0.15) is 0 Å². The van der Waals surface area contributed by atoms with Crippen LogP contribution in [0.5, 0.6) is 0 Å². The molecule has 33 heavy (non-hydrogen) atoms. The first-order chi connectivity index (χ1) is 16.0. The summed E-state index contributed by atoms with van der Waals surface area (Å²) in [6.07, 6.45) is -0.602. The van der Waals surface area contributed by atoms with Crippen molar-refractivity contribution in [1.29, 1.82) is 0 Å². The second-order valence-corrected chi connectivity index (χ2v) is 7.96. The molecule has 174 valence electrons. The predicted molar refractivity (Wildman–Crippen MR) is 118 cm³/mol. The van der Waals surface area contributed by atoms with E-state index in [4.69, 9.17) is 19.3 Å². The first-order valence-electron chi connectivity index (χ1n) is 10.8. The molecule has 2 unspecified atom stereocenters. The Morgan fingerprint density at radius 2 is 1.67 bits per heavy atom. The summed E-state index contributed by atoms with van der Waals surface area (Å²) in [4.78, 5) is 35.4. The van der Waals surface area contributed by atoms with Gasteiger partial charge in [-0.05, 0) is 22.3 Å². The summed E-state index contributed by atoms with van der Waals surface area (Å²) in [5.41, 5.74) is 4.54. The average Bonchev–Trinajstić information content (AvgIpc) is 3.39. The van der Waals surface area contributed by atoms with Crippen molar-refractivity contribution in [2.24, 2.45) is 5.92 Å². The standard InChI is InChI=1S/C24H26N2O7/c27-22(28)14-31-10-9-25-23(29)20-11-32-13-21(20)26-24(30)33-12-19-17-7-3-1-5-15(17)16-6-2-4-8-18(16)19/h1-8,19-21H,9-14H2,(H,25,29)(H,26,30)(H,27,28). The summed E-state index contributed by atoms with van der Waals surface area (Å²) >= 11 is 0. The van der Waals surface area contributed by atoms with Crippen LogP contribution in [0.4, 0.5) is 4.79 Å². The van der Waals surface area contributed by atoms with E-state index in [1.807, 2.05) is 36.4 Å². The van der Waals surface area contributed by atoms with Crippen molar-refractivity contribution < 1.29 is 33.7 Å². The van der Waals surface area contributed by atoms with Crippen LogP contribution < -0.4 is 10.6 Å². The van der Waals surface area contributed by atoms with Gasteiger partial charge < -0.3 is 30.0 Å². The number of aliphatic carboxylic acids is 1. The van der Waals surface area contributed by atoms with Gasteiger partial charge in [0.15, 0.2) is 0 Å². The van der Waals surface area contributed by atoms with E-state index < -0.39 is 30.6 Å². The summed E-state index contributed by atoms with van der Waals surface area (Å²) in [5, 5.41) is 14.0. The van der Waals surface area contributed by atoms with E-state index in [0.717, 1.165) is 22.3 Å². The molecule has 3 N–H and O–H groups in total. The zero-order valence-electron chi connectivity index (χ0n) is 18.0. The number of nitrogens with one attached hydrogen (secondary N) is 2. The molecule has 0 spiro atoms. The number of hydrogen-bond donors (Lipinski definition) is 3. The fraction of sp³-hybridized carbons (Fsp3) is 0.375. The van der Waals surface area contributed by atoms with Crippen LogP contribution in [0.25, 0.3) is 11.1 Å². The molecule has 0 aromatic heterocycles. The highest BCUT2D eigenvalue weighted by molar-refractivity contribution is 5.81. The number of carboxylic acid groups (broad SMARTS) is 1. The Morgan fingerprint density at radius 1 is 1.00 bits per heavy atom. The molecule has 9 heteroatoms. The molecule has 0 bridgehead atoms. The molecular formula is C24H26N2O7. The smallest absolute Gasteiger partial charge is 0.407 e. The van der Waals surface area contributed by atoms with Gasteiger partial charge in [-0.3, -0.25) is 4.79 Å². The van der Waals surface area contributed by atoms with E-state index in [2.05, 4.69) is 22.8 Å². The average molecular weight is 454 g/mol. The van der Waals surface area contributed by atoms with Crippen molar-refractivity contribution in [2.75, 3.05) is 39.6 Å². The van der Waals surface area contributed by atoms with Gasteiger partial charge in [0, 0.05) is 12.5 Å². The molecular weight excluding hydrogens is 428 g/mol. The Hall–Kier alpha value is -3.43. The molecule has 2 amide bonds. The number of carbonyl (C=O) groups excluding carboxylic acids is 2. The van der Waals surface area contributed by atoms with Crippen LogP contribution in [0.15, 0.2) is 48.5 Å². The molecule has 1 aliphatic carbocycles. The molecule has 1 saturated heterocycles. The first kappa shape index (κ1) is 22.8. The Balaban J connectivity index is 1.28. The van der Waals surface area contributed by atoms with E-state index in [1.54, 1.807) is 0 Å². The van der Waals surface area contributed by atoms with Crippen molar-refractivity contribution in [3.8, 4) is 11.1 Å². The van der Waals surface area contributed by atoms with Gasteiger partial charge in [0.05, 0.1) is 31.8 Å². The van der Waals surface area contributed by atoms with E-state index >= 15 is 0 Å². The monoisotopic (exact) mass is 454 g/mol. The number of alkyl carbamates (subject to hydrolysis) is 1. The third-order valence-electron chi connectivity index (χ3n) is 5.84. The fourth-order valence-electron chi connectivity index (χ4n) is 4.28. The SMILES string of the molecule is O=C(O)COCCNC(=O)C1COCC1NC(=O)OCC1c2ccccc2-c2ccccc21. The molecule has 2 atom stereocenters. The normalized spacial score (nSPS) is 18.9. The number of fused-ring (bicyclic) bond motifs is 3. The fourth-order valence-corrected chi connectivity index (χ4v) is 4.28. The Bertz CT molecular complexity index is 980. The summed E-state index contributed by atoms with van der Waals surface area (Å²) in [6, 6.07) is 15.7. The van der Waals surface area contributed by atoms with Crippen LogP contribution in [0.2, 0.25) is 0 Å². The number of ether oxygens (including phenoxy) is 3. The molecule has 0 radical (unpaired) electrons. The van der Waals surface area contributed by atoms with Gasteiger partial charge in [-0.1, -0.05) is 48.5 Å². The maximum atomic E-state index is 12.5. The highest BCUT2D eigenvalue weighted by Gasteiger charge is 2.36. The quantitative estimate of drug-likeness (QED) is 0.493. The number of carboxylic acids is 1. The molecule has 2 aromatic carbocycles. The van der Waals surface area contributed by atoms with Gasteiger partial charge in [0.25, 0.3) is 0 Å². The summed E-state index contributed by atoms with van der Waals surface area (Å²) in [6.45, 7) is 0.393. The van der Waals surface area contributed by atoms with Crippen molar-refractivity contribution >= 4 is 18.0 Å². The van der Waals surface area contributed by atoms with E-state index in [9.17, 15) is 14.4 Å². The summed E-state index contributed by atoms with van der Waals surface area (Å²) < 4.78 is 15.8. The van der Waals surface area contributed by atoms with Crippen molar-refractivity contribution in [3.05, 3.63) is 59.7 Å². The third-order valence-corrected chi connectivity index (χ3v) is 5.84. The Kier molecular flexibility index (Phi) is 7.21. The maximum Gasteiger partial charge on any atom is 0.407 e. The van der Waals surface area contributed by atoms with Gasteiger partial charge in [0.2, 0.25) is 5.91 Å². The van der Waals surface area contributed by atoms with Crippen molar-refractivity contribution in [3.63, 3.8) is 0 Å². The molecule has 2 aliphatic rings. The molecule has 0 saturated carbocycles. The number of amides is 2. The number of rotatable bonds is 9. The molecule has 1 aliphatic heterocycles. The number of benzene rings is 2. The highest BCUT2D eigenvalue weighted by Crippen LogP contribution is 2.44. The third kappa shape index (κ3) is 5.32. The lowest BCUT2D eigenvalue weighted by Crippen LogP contribution is -2.47. The number of hydrogen-bond acceptors (Lipinski definition) is 6. The molecule has 2 aromatic rings. The lowest BCUT2D eigenvalue weighted by molar-refractivity contribution is -0.142. The molecule has 4 rings (SSSR count). The van der Waals surface area contributed by atoms with Crippen LogP contribution in [0, 0.1) is 5.92 Å². The minimum absolute atomic E-state index is 0.0483. The first-order valence-corrected chi connectivity index (χ1v) is 10.8. The van der Waals surface area contributed by atoms with Crippen LogP contribution >= 0.6 is 0 Å². The molecule has 9 nitrogen and oxygen atoms in total. The van der Waals surface area contributed by atoms with Gasteiger partial charge in [-0.25, -0.2) is 9.59 Å². The van der Waals surface area contributed by atoms with Crippen LogP contribution in [0.3, 0.4) is 0 Å².